The van der Waals surface area contributed by atoms with E-state index < -0.39 is 97.5 Å². The van der Waals surface area contributed by atoms with Crippen molar-refractivity contribution in [1.82, 2.24) is 0 Å². The molecular formula is C77H150O17P2. The Morgan fingerprint density at radius 1 is 0.281 bits per heavy atom. The molecule has 0 amide bonds. The summed E-state index contributed by atoms with van der Waals surface area (Å²) < 4.78 is 68.6. The van der Waals surface area contributed by atoms with Crippen molar-refractivity contribution < 1.29 is 80.2 Å². The van der Waals surface area contributed by atoms with E-state index in [-0.39, 0.29) is 25.7 Å². The average molecular weight is 1410 g/mol. The Labute approximate surface area is 588 Å². The molecule has 0 radical (unpaired) electrons. The van der Waals surface area contributed by atoms with Gasteiger partial charge in [0.1, 0.15) is 19.3 Å². The van der Waals surface area contributed by atoms with E-state index >= 15 is 0 Å². The fourth-order valence-corrected chi connectivity index (χ4v) is 13.5. The van der Waals surface area contributed by atoms with Crippen LogP contribution in [-0.4, -0.2) is 96.7 Å². The predicted molar refractivity (Wildman–Crippen MR) is 391 cm³/mol. The van der Waals surface area contributed by atoms with Gasteiger partial charge in [-0.2, -0.15) is 0 Å². The van der Waals surface area contributed by atoms with Crippen molar-refractivity contribution in [3.63, 3.8) is 0 Å². The van der Waals surface area contributed by atoms with E-state index in [0.717, 1.165) is 95.8 Å². The van der Waals surface area contributed by atoms with Gasteiger partial charge in [0.15, 0.2) is 12.2 Å². The number of ether oxygens (including phenoxy) is 4. The van der Waals surface area contributed by atoms with Gasteiger partial charge in [0.2, 0.25) is 0 Å². The molecule has 0 aliphatic rings. The highest BCUT2D eigenvalue weighted by Crippen LogP contribution is 2.45. The highest BCUT2D eigenvalue weighted by Gasteiger charge is 2.30. The maximum absolute atomic E-state index is 13.1. The summed E-state index contributed by atoms with van der Waals surface area (Å²) >= 11 is 0. The highest BCUT2D eigenvalue weighted by molar-refractivity contribution is 7.47. The molecule has 0 bridgehead atoms. The number of esters is 4. The molecule has 17 nitrogen and oxygen atoms in total. The molecule has 0 saturated heterocycles. The summed E-state index contributed by atoms with van der Waals surface area (Å²) in [7, 11) is -9.91. The van der Waals surface area contributed by atoms with Gasteiger partial charge in [-0.1, -0.05) is 356 Å². The topological polar surface area (TPSA) is 237 Å². The maximum Gasteiger partial charge on any atom is 0.472 e. The maximum atomic E-state index is 13.1. The monoisotopic (exact) mass is 1410 g/mol. The van der Waals surface area contributed by atoms with Gasteiger partial charge >= 0.3 is 39.5 Å². The molecule has 96 heavy (non-hydrogen) atoms. The van der Waals surface area contributed by atoms with E-state index in [1.165, 1.54) is 231 Å². The summed E-state index contributed by atoms with van der Waals surface area (Å²) in [5, 5.41) is 10.6. The zero-order valence-corrected chi connectivity index (χ0v) is 64.3. The zero-order chi connectivity index (χ0) is 70.5. The van der Waals surface area contributed by atoms with Crippen LogP contribution in [0.3, 0.4) is 0 Å². The molecule has 3 N–H and O–H groups in total. The van der Waals surface area contributed by atoms with E-state index in [2.05, 4.69) is 34.6 Å². The van der Waals surface area contributed by atoms with Crippen LogP contribution in [0.5, 0.6) is 0 Å². The van der Waals surface area contributed by atoms with E-state index in [0.29, 0.717) is 25.7 Å². The standard InChI is InChI=1S/C77H150O17P2/c1-6-9-12-15-18-21-24-26-27-30-33-37-41-46-51-56-61-75(80)88-67-73(94-77(82)63-58-53-48-43-38-34-31-28-29-32-35-39-44-49-54-59-70(4)5)69-92-96(85,86)90-65-71(78)64-89-95(83,84)91-68-72(66-87-74(79)60-55-50-45-40-23-20-17-14-11-8-3)93-76(81)62-57-52-47-42-36-25-22-19-16-13-10-7-2/h70-73,78H,6-69H2,1-5H3,(H,83,84)(H,85,86)/t71-,72+,73+/m0/s1. The van der Waals surface area contributed by atoms with Crippen molar-refractivity contribution in [3.05, 3.63) is 0 Å². The molecule has 0 aromatic rings. The number of phosphoric acid groups is 2. The molecule has 0 aliphatic carbocycles. The summed E-state index contributed by atoms with van der Waals surface area (Å²) in [6.07, 6.45) is 59.5. The number of aliphatic hydroxyl groups is 1. The minimum absolute atomic E-state index is 0.108. The van der Waals surface area contributed by atoms with E-state index in [1.807, 2.05) is 0 Å². The molecule has 0 rings (SSSR count). The second-order valence-electron chi connectivity index (χ2n) is 28.2. The van der Waals surface area contributed by atoms with Crippen molar-refractivity contribution in [2.45, 2.75) is 425 Å². The molecule has 0 fully saturated rings. The van der Waals surface area contributed by atoms with E-state index in [4.69, 9.17) is 37.0 Å². The minimum atomic E-state index is -4.96. The van der Waals surface area contributed by atoms with Crippen LogP contribution in [0.1, 0.15) is 407 Å². The lowest BCUT2D eigenvalue weighted by atomic mass is 10.0. The Balaban J connectivity index is 5.23. The fourth-order valence-electron chi connectivity index (χ4n) is 11.9. The Morgan fingerprint density at radius 2 is 0.479 bits per heavy atom. The molecule has 5 atom stereocenters. The molecule has 570 valence electrons. The van der Waals surface area contributed by atoms with Crippen LogP contribution in [0.15, 0.2) is 0 Å². The van der Waals surface area contributed by atoms with Gasteiger partial charge < -0.3 is 33.8 Å². The largest absolute Gasteiger partial charge is 0.472 e. The van der Waals surface area contributed by atoms with Gasteiger partial charge in [-0.05, 0) is 31.6 Å². The first kappa shape index (κ1) is 94.1. The van der Waals surface area contributed by atoms with Gasteiger partial charge in [0.05, 0.1) is 26.4 Å². The second-order valence-corrected chi connectivity index (χ2v) is 31.1. The van der Waals surface area contributed by atoms with Crippen LogP contribution in [0, 0.1) is 5.92 Å². The zero-order valence-electron chi connectivity index (χ0n) is 62.5. The van der Waals surface area contributed by atoms with Crippen molar-refractivity contribution in [3.8, 4) is 0 Å². The third kappa shape index (κ3) is 70.5. The van der Waals surface area contributed by atoms with Crippen molar-refractivity contribution in [1.29, 1.82) is 0 Å². The highest BCUT2D eigenvalue weighted by atomic mass is 31.2. The SMILES string of the molecule is CCCCCCCCCCCCCCCCCCC(=O)OC[C@H](COP(=O)(O)OC[C@@H](O)COP(=O)(O)OC[C@@H](COC(=O)CCCCCCCCCCCC)OC(=O)CCCCCCCCCCCCCC)OC(=O)CCCCCCCCCCCCCCCCCC(C)C. The van der Waals surface area contributed by atoms with Crippen LogP contribution in [0.4, 0.5) is 0 Å². The molecule has 0 heterocycles. The summed E-state index contributed by atoms with van der Waals surface area (Å²) in [6, 6.07) is 0. The number of unbranched alkanes of at least 4 members (excludes halogenated alkanes) is 49. The molecule has 0 saturated carbocycles. The number of rotatable bonds is 77. The molecule has 19 heteroatoms. The first-order chi connectivity index (χ1) is 46.5. The molecule has 0 aromatic heterocycles. The normalized spacial score (nSPS) is 13.9. The molecule has 0 aromatic carbocycles. The van der Waals surface area contributed by atoms with Gasteiger partial charge in [-0.15, -0.1) is 0 Å². The van der Waals surface area contributed by atoms with Crippen molar-refractivity contribution in [2.24, 2.45) is 5.92 Å². The Morgan fingerprint density at radius 3 is 0.708 bits per heavy atom. The Hall–Kier alpha value is -1.94. The predicted octanol–water partition coefficient (Wildman–Crippen LogP) is 22.9. The van der Waals surface area contributed by atoms with Gasteiger partial charge in [0, 0.05) is 25.7 Å². The number of hydrogen-bond donors (Lipinski definition) is 3. The van der Waals surface area contributed by atoms with E-state index in [1.54, 1.807) is 0 Å². The fraction of sp³-hybridized carbons (Fsp3) is 0.948. The smallest absolute Gasteiger partial charge is 0.462 e. The molecule has 0 spiro atoms. The number of carbonyl (C=O) groups excluding carboxylic acids is 4. The molecule has 0 aliphatic heterocycles. The third-order valence-corrected chi connectivity index (χ3v) is 19.9. The first-order valence-electron chi connectivity index (χ1n) is 40.1. The number of aliphatic hydroxyl groups excluding tert-OH is 1. The lowest BCUT2D eigenvalue weighted by Gasteiger charge is -2.21. The molecule has 2 unspecified atom stereocenters. The molecular weight excluding hydrogens is 1260 g/mol. The summed E-state index contributed by atoms with van der Waals surface area (Å²) in [5.41, 5.74) is 0. The van der Waals surface area contributed by atoms with Crippen molar-refractivity contribution >= 4 is 39.5 Å². The lowest BCUT2D eigenvalue weighted by Crippen LogP contribution is -2.30. The van der Waals surface area contributed by atoms with Crippen LogP contribution in [-0.2, 0) is 65.4 Å². The van der Waals surface area contributed by atoms with Crippen molar-refractivity contribution in [2.75, 3.05) is 39.6 Å². The van der Waals surface area contributed by atoms with Gasteiger partial charge in [-0.25, -0.2) is 9.13 Å². The number of hydrogen-bond acceptors (Lipinski definition) is 15. The average Bonchev–Trinajstić information content (AvgIpc) is 3.19. The Kier molecular flexibility index (Phi) is 68.7. The van der Waals surface area contributed by atoms with Crippen LogP contribution < -0.4 is 0 Å². The van der Waals surface area contributed by atoms with E-state index in [9.17, 15) is 43.2 Å². The third-order valence-electron chi connectivity index (χ3n) is 18.0. The Bertz CT molecular complexity index is 1840. The number of phosphoric ester groups is 2. The van der Waals surface area contributed by atoms with Crippen LogP contribution in [0.2, 0.25) is 0 Å². The van der Waals surface area contributed by atoms with Gasteiger partial charge in [0.25, 0.3) is 0 Å². The quantitative estimate of drug-likeness (QED) is 0.0222. The van der Waals surface area contributed by atoms with Crippen LogP contribution >= 0.6 is 15.6 Å². The summed E-state index contributed by atoms with van der Waals surface area (Å²) in [5.74, 6) is -1.31. The lowest BCUT2D eigenvalue weighted by molar-refractivity contribution is -0.161. The minimum Gasteiger partial charge on any atom is -0.462 e. The number of carbonyl (C=O) groups is 4. The first-order valence-corrected chi connectivity index (χ1v) is 43.1. The van der Waals surface area contributed by atoms with Gasteiger partial charge in [-0.3, -0.25) is 37.3 Å². The second kappa shape index (κ2) is 70.1. The summed E-state index contributed by atoms with van der Waals surface area (Å²) in [4.78, 5) is 72.8. The van der Waals surface area contributed by atoms with Crippen LogP contribution in [0.25, 0.3) is 0 Å². The summed E-state index contributed by atoms with van der Waals surface area (Å²) in [6.45, 7) is 7.32.